The number of aryl methyl sites for hydroxylation is 1. The van der Waals surface area contributed by atoms with Crippen molar-refractivity contribution in [3.05, 3.63) is 107 Å². The first kappa shape index (κ1) is 21.8. The van der Waals surface area contributed by atoms with Crippen LogP contribution in [0, 0.1) is 6.92 Å². The smallest absolute Gasteiger partial charge is 0.343 e. The number of amides is 1. The van der Waals surface area contributed by atoms with Gasteiger partial charge in [-0.3, -0.25) is 4.79 Å². The van der Waals surface area contributed by atoms with Crippen LogP contribution in [0.15, 0.2) is 90.0 Å². The van der Waals surface area contributed by atoms with Gasteiger partial charge in [0.2, 0.25) is 0 Å². The van der Waals surface area contributed by atoms with Gasteiger partial charge in [-0.15, -0.1) is 0 Å². The fraction of sp³-hybridized carbons (Fsp3) is 0.0741. The third-order valence-corrected chi connectivity index (χ3v) is 5.07. The highest BCUT2D eigenvalue weighted by molar-refractivity contribution is 5.99. The van der Waals surface area contributed by atoms with Crippen molar-refractivity contribution in [3.8, 4) is 11.5 Å². The number of methoxy groups -OCH3 is 1. The molecule has 6 heteroatoms. The van der Waals surface area contributed by atoms with Crippen LogP contribution in [0.4, 0.5) is 0 Å². The Hall–Kier alpha value is -4.45. The van der Waals surface area contributed by atoms with Crippen LogP contribution in [0.3, 0.4) is 0 Å². The Morgan fingerprint density at radius 2 is 1.55 bits per heavy atom. The Morgan fingerprint density at radius 1 is 0.818 bits per heavy atom. The van der Waals surface area contributed by atoms with E-state index < -0.39 is 5.97 Å². The molecule has 4 rings (SSSR count). The predicted molar refractivity (Wildman–Crippen MR) is 128 cm³/mol. The number of fused-ring (bicyclic) bond motifs is 1. The molecule has 0 aliphatic heterocycles. The SMILES string of the molecule is COc1cc(/C=N\NC(=O)c2ccc3ccccc3c2)ccc1OC(=O)c1ccc(C)cc1. The highest BCUT2D eigenvalue weighted by atomic mass is 16.6. The van der Waals surface area contributed by atoms with Crippen LogP contribution in [-0.4, -0.2) is 25.2 Å². The maximum absolute atomic E-state index is 12.4. The zero-order valence-electron chi connectivity index (χ0n) is 18.2. The van der Waals surface area contributed by atoms with E-state index in [1.54, 1.807) is 36.4 Å². The summed E-state index contributed by atoms with van der Waals surface area (Å²) in [6.07, 6.45) is 1.49. The third kappa shape index (κ3) is 5.25. The molecule has 1 amide bonds. The fourth-order valence-corrected chi connectivity index (χ4v) is 3.26. The standard InChI is InChI=1S/C27H22N2O4/c1-18-7-10-21(11-8-18)27(31)33-24-14-9-19(15-25(24)32-2)17-28-29-26(30)23-13-12-20-5-3-4-6-22(20)16-23/h3-17H,1-2H3,(H,29,30)/b28-17-. The first-order valence-electron chi connectivity index (χ1n) is 10.3. The predicted octanol–water partition coefficient (Wildman–Crippen LogP) is 5.14. The van der Waals surface area contributed by atoms with Gasteiger partial charge < -0.3 is 9.47 Å². The van der Waals surface area contributed by atoms with E-state index in [1.807, 2.05) is 55.5 Å². The number of nitrogens with zero attached hydrogens (tertiary/aromatic N) is 1. The van der Waals surface area contributed by atoms with Crippen molar-refractivity contribution < 1.29 is 19.1 Å². The summed E-state index contributed by atoms with van der Waals surface area (Å²) in [4.78, 5) is 24.8. The second kappa shape index (κ2) is 9.78. The molecule has 0 aliphatic rings. The van der Waals surface area contributed by atoms with Crippen molar-refractivity contribution in [2.75, 3.05) is 7.11 Å². The Labute approximate surface area is 191 Å². The van der Waals surface area contributed by atoms with Crippen LogP contribution in [0.2, 0.25) is 0 Å². The third-order valence-electron chi connectivity index (χ3n) is 5.07. The fourth-order valence-electron chi connectivity index (χ4n) is 3.26. The first-order chi connectivity index (χ1) is 16.0. The molecule has 0 unspecified atom stereocenters. The number of carbonyl (C=O) groups is 2. The molecule has 0 heterocycles. The minimum atomic E-state index is -0.475. The van der Waals surface area contributed by atoms with Gasteiger partial charge in [-0.2, -0.15) is 5.10 Å². The molecule has 4 aromatic carbocycles. The number of rotatable bonds is 6. The largest absolute Gasteiger partial charge is 0.493 e. The molecule has 0 saturated carbocycles. The molecule has 4 aromatic rings. The zero-order valence-corrected chi connectivity index (χ0v) is 18.2. The second-order valence-electron chi connectivity index (χ2n) is 7.43. The number of hydrogen-bond donors (Lipinski definition) is 1. The number of hydrogen-bond acceptors (Lipinski definition) is 5. The van der Waals surface area contributed by atoms with Gasteiger partial charge in [-0.05, 0) is 65.7 Å². The van der Waals surface area contributed by atoms with Crippen molar-refractivity contribution in [1.29, 1.82) is 0 Å². The average molecular weight is 438 g/mol. The molecule has 1 N–H and O–H groups in total. The van der Waals surface area contributed by atoms with Gasteiger partial charge in [-0.1, -0.05) is 48.0 Å². The molecule has 0 spiro atoms. The lowest BCUT2D eigenvalue weighted by Crippen LogP contribution is -2.17. The molecule has 164 valence electrons. The van der Waals surface area contributed by atoms with E-state index in [0.717, 1.165) is 16.3 Å². The Morgan fingerprint density at radius 3 is 2.30 bits per heavy atom. The van der Waals surface area contributed by atoms with E-state index in [2.05, 4.69) is 10.5 Å². The van der Waals surface area contributed by atoms with E-state index >= 15 is 0 Å². The number of esters is 1. The summed E-state index contributed by atoms with van der Waals surface area (Å²) in [5.41, 5.74) is 5.21. The van der Waals surface area contributed by atoms with Crippen molar-refractivity contribution >= 4 is 28.9 Å². The van der Waals surface area contributed by atoms with Crippen LogP contribution in [0.5, 0.6) is 11.5 Å². The zero-order chi connectivity index (χ0) is 23.2. The summed E-state index contributed by atoms with van der Waals surface area (Å²) >= 11 is 0. The van der Waals surface area contributed by atoms with Crippen molar-refractivity contribution in [3.63, 3.8) is 0 Å². The molecular formula is C27H22N2O4. The van der Waals surface area contributed by atoms with Crippen molar-refractivity contribution in [2.24, 2.45) is 5.10 Å². The Bertz CT molecular complexity index is 1340. The number of carbonyl (C=O) groups excluding carboxylic acids is 2. The lowest BCUT2D eigenvalue weighted by atomic mass is 10.1. The van der Waals surface area contributed by atoms with Crippen LogP contribution in [-0.2, 0) is 0 Å². The summed E-state index contributed by atoms with van der Waals surface area (Å²) < 4.78 is 10.8. The summed E-state index contributed by atoms with van der Waals surface area (Å²) in [5, 5.41) is 6.08. The number of benzene rings is 4. The van der Waals surface area contributed by atoms with Gasteiger partial charge in [0.05, 0.1) is 18.9 Å². The van der Waals surface area contributed by atoms with Gasteiger partial charge in [0.15, 0.2) is 11.5 Å². The molecule has 33 heavy (non-hydrogen) atoms. The Balaban J connectivity index is 1.42. The van der Waals surface area contributed by atoms with Crippen LogP contribution < -0.4 is 14.9 Å². The summed E-state index contributed by atoms with van der Waals surface area (Å²) in [7, 11) is 1.49. The number of hydrazone groups is 1. The van der Waals surface area contributed by atoms with Crippen LogP contribution in [0.25, 0.3) is 10.8 Å². The quantitative estimate of drug-likeness (QED) is 0.196. The summed E-state index contributed by atoms with van der Waals surface area (Å²) in [6, 6.07) is 25.4. The van der Waals surface area contributed by atoms with E-state index in [9.17, 15) is 9.59 Å². The van der Waals surface area contributed by atoms with Gasteiger partial charge in [0.1, 0.15) is 0 Å². The molecule has 0 aliphatic carbocycles. The maximum Gasteiger partial charge on any atom is 0.343 e. The molecule has 0 bridgehead atoms. The van der Waals surface area contributed by atoms with Gasteiger partial charge >= 0.3 is 5.97 Å². The molecule has 0 fully saturated rings. The minimum Gasteiger partial charge on any atom is -0.493 e. The average Bonchev–Trinajstić information content (AvgIpc) is 2.84. The van der Waals surface area contributed by atoms with Crippen molar-refractivity contribution in [1.82, 2.24) is 5.43 Å². The normalized spacial score (nSPS) is 10.8. The van der Waals surface area contributed by atoms with Crippen LogP contribution in [0.1, 0.15) is 31.8 Å². The lowest BCUT2D eigenvalue weighted by molar-refractivity contribution is 0.0729. The van der Waals surface area contributed by atoms with Gasteiger partial charge in [0.25, 0.3) is 5.91 Å². The topological polar surface area (TPSA) is 77.0 Å². The van der Waals surface area contributed by atoms with E-state index in [-0.39, 0.29) is 5.91 Å². The van der Waals surface area contributed by atoms with E-state index in [4.69, 9.17) is 9.47 Å². The van der Waals surface area contributed by atoms with E-state index in [0.29, 0.717) is 28.2 Å². The summed E-state index contributed by atoms with van der Waals surface area (Å²) in [5.74, 6) is -0.120. The highest BCUT2D eigenvalue weighted by Crippen LogP contribution is 2.28. The first-order valence-corrected chi connectivity index (χ1v) is 10.3. The highest BCUT2D eigenvalue weighted by Gasteiger charge is 2.13. The lowest BCUT2D eigenvalue weighted by Gasteiger charge is -2.10. The number of ether oxygens (including phenoxy) is 2. The number of nitrogens with one attached hydrogen (secondary N) is 1. The van der Waals surface area contributed by atoms with E-state index in [1.165, 1.54) is 13.3 Å². The van der Waals surface area contributed by atoms with Gasteiger partial charge in [-0.25, -0.2) is 10.2 Å². The minimum absolute atomic E-state index is 0.292. The molecular weight excluding hydrogens is 416 g/mol. The molecule has 0 saturated heterocycles. The van der Waals surface area contributed by atoms with Crippen molar-refractivity contribution in [2.45, 2.75) is 6.92 Å². The molecule has 0 atom stereocenters. The second-order valence-corrected chi connectivity index (χ2v) is 7.43. The molecule has 0 radical (unpaired) electrons. The maximum atomic E-state index is 12.4. The molecule has 0 aromatic heterocycles. The van der Waals surface area contributed by atoms with Crippen LogP contribution >= 0.6 is 0 Å². The monoisotopic (exact) mass is 438 g/mol. The summed E-state index contributed by atoms with van der Waals surface area (Å²) in [6.45, 7) is 1.95. The van der Waals surface area contributed by atoms with Gasteiger partial charge in [0, 0.05) is 5.56 Å². The Kier molecular flexibility index (Phi) is 6.45. The molecule has 6 nitrogen and oxygen atoms in total.